The van der Waals surface area contributed by atoms with Crippen LogP contribution < -0.4 is 10.1 Å². The van der Waals surface area contributed by atoms with E-state index in [-0.39, 0.29) is 0 Å². The van der Waals surface area contributed by atoms with Gasteiger partial charge in [0.15, 0.2) is 5.96 Å². The van der Waals surface area contributed by atoms with Gasteiger partial charge >= 0.3 is 0 Å². The molecule has 1 aliphatic rings. The number of nitrogens with one attached hydrogen (secondary N) is 1. The minimum absolute atomic E-state index is 0.470. The van der Waals surface area contributed by atoms with Crippen LogP contribution in [0.4, 0.5) is 0 Å². The Kier molecular flexibility index (Phi) is 7.52. The summed E-state index contributed by atoms with van der Waals surface area (Å²) in [4.78, 5) is 11.9. The number of nitrogens with zero attached hydrogens (tertiary/aromatic N) is 4. The Morgan fingerprint density at radius 3 is 2.88 bits per heavy atom. The topological polar surface area (TPSA) is 43.3 Å². The molecular formula is C19H33N5O. The zero-order valence-electron chi connectivity index (χ0n) is 16.3. The molecule has 1 fully saturated rings. The van der Waals surface area contributed by atoms with E-state index >= 15 is 0 Å². The molecule has 1 unspecified atom stereocenters. The van der Waals surface area contributed by atoms with Gasteiger partial charge in [-0.05, 0) is 38.7 Å². The standard InChI is InChI=1S/C19H33N5O/c1-6-20-19(21-13-17-15-22(2)10-11-23(17)3)24(4)14-16-8-7-9-18(12-16)25-5/h7-9,12,17H,6,10-11,13-15H2,1-5H3,(H,20,21). The van der Waals surface area contributed by atoms with Gasteiger partial charge in [-0.15, -0.1) is 0 Å². The van der Waals surface area contributed by atoms with Crippen LogP contribution in [0, 0.1) is 0 Å². The van der Waals surface area contributed by atoms with Crippen molar-refractivity contribution in [3.8, 4) is 5.75 Å². The van der Waals surface area contributed by atoms with Crippen LogP contribution in [0.2, 0.25) is 0 Å². The highest BCUT2D eigenvalue weighted by atomic mass is 16.5. The average Bonchev–Trinajstić information content (AvgIpc) is 2.61. The number of rotatable bonds is 6. The Hall–Kier alpha value is -1.79. The number of ether oxygens (including phenoxy) is 1. The first-order chi connectivity index (χ1) is 12.0. The number of hydrogen-bond acceptors (Lipinski definition) is 4. The van der Waals surface area contributed by atoms with Crippen molar-refractivity contribution < 1.29 is 4.74 Å². The Morgan fingerprint density at radius 2 is 2.16 bits per heavy atom. The summed E-state index contributed by atoms with van der Waals surface area (Å²) in [6, 6.07) is 8.66. The maximum atomic E-state index is 5.32. The van der Waals surface area contributed by atoms with Crippen molar-refractivity contribution >= 4 is 5.96 Å². The molecule has 0 aromatic heterocycles. The van der Waals surface area contributed by atoms with Gasteiger partial charge in [-0.25, -0.2) is 0 Å². The second-order valence-electron chi connectivity index (χ2n) is 6.80. The summed E-state index contributed by atoms with van der Waals surface area (Å²) in [5.74, 6) is 1.84. The minimum atomic E-state index is 0.470. The van der Waals surface area contributed by atoms with E-state index in [0.29, 0.717) is 6.04 Å². The van der Waals surface area contributed by atoms with Crippen LogP contribution in [0.3, 0.4) is 0 Å². The van der Waals surface area contributed by atoms with E-state index < -0.39 is 0 Å². The molecule has 1 heterocycles. The third-order valence-corrected chi connectivity index (χ3v) is 4.68. The van der Waals surface area contributed by atoms with Gasteiger partial charge in [0.05, 0.1) is 13.7 Å². The van der Waals surface area contributed by atoms with Gasteiger partial charge in [0, 0.05) is 45.8 Å². The minimum Gasteiger partial charge on any atom is -0.497 e. The fraction of sp³-hybridized carbons (Fsp3) is 0.632. The van der Waals surface area contributed by atoms with Crippen molar-refractivity contribution in [2.75, 3.05) is 61.0 Å². The molecule has 2 rings (SSSR count). The molecule has 1 aromatic carbocycles. The second-order valence-corrected chi connectivity index (χ2v) is 6.80. The Balaban J connectivity index is 2.02. The molecule has 0 aliphatic carbocycles. The molecule has 6 heteroatoms. The predicted octanol–water partition coefficient (Wildman–Crippen LogP) is 1.34. The summed E-state index contributed by atoms with van der Waals surface area (Å²) >= 11 is 0. The molecular weight excluding hydrogens is 314 g/mol. The second kappa shape index (κ2) is 9.63. The summed E-state index contributed by atoms with van der Waals surface area (Å²) < 4.78 is 5.32. The van der Waals surface area contributed by atoms with Gasteiger partial charge in [-0.3, -0.25) is 9.89 Å². The normalized spacial score (nSPS) is 19.7. The molecule has 1 aliphatic heterocycles. The SMILES string of the molecule is CCNC(=NCC1CN(C)CCN1C)N(C)Cc1cccc(OC)c1. The molecule has 6 nitrogen and oxygen atoms in total. The maximum absolute atomic E-state index is 5.32. The number of benzene rings is 1. The van der Waals surface area contributed by atoms with Crippen LogP contribution in [0.25, 0.3) is 0 Å². The highest BCUT2D eigenvalue weighted by Gasteiger charge is 2.22. The zero-order valence-corrected chi connectivity index (χ0v) is 16.3. The summed E-state index contributed by atoms with van der Waals surface area (Å²) in [6.45, 7) is 7.88. The summed E-state index contributed by atoms with van der Waals surface area (Å²) in [7, 11) is 8.16. The van der Waals surface area contributed by atoms with Crippen LogP contribution >= 0.6 is 0 Å². The molecule has 1 saturated heterocycles. The van der Waals surface area contributed by atoms with E-state index in [1.54, 1.807) is 7.11 Å². The number of hydrogen-bond donors (Lipinski definition) is 1. The predicted molar refractivity (Wildman–Crippen MR) is 104 cm³/mol. The largest absolute Gasteiger partial charge is 0.497 e. The summed E-state index contributed by atoms with van der Waals surface area (Å²) in [5.41, 5.74) is 1.21. The fourth-order valence-corrected chi connectivity index (χ4v) is 3.08. The molecule has 1 atom stereocenters. The number of likely N-dealkylation sites (N-methyl/N-ethyl adjacent to an activating group) is 2. The average molecular weight is 348 g/mol. The Morgan fingerprint density at radius 1 is 1.36 bits per heavy atom. The molecule has 0 radical (unpaired) electrons. The van der Waals surface area contributed by atoms with E-state index in [9.17, 15) is 0 Å². The summed E-state index contributed by atoms with van der Waals surface area (Å²) in [5, 5.41) is 3.41. The van der Waals surface area contributed by atoms with E-state index in [4.69, 9.17) is 9.73 Å². The lowest BCUT2D eigenvalue weighted by Gasteiger charge is -2.37. The first-order valence-corrected chi connectivity index (χ1v) is 9.04. The first-order valence-electron chi connectivity index (χ1n) is 9.04. The number of guanidine groups is 1. The molecule has 0 saturated carbocycles. The van der Waals surface area contributed by atoms with Gasteiger partial charge in [0.25, 0.3) is 0 Å². The van der Waals surface area contributed by atoms with Gasteiger partial charge in [-0.2, -0.15) is 0 Å². The van der Waals surface area contributed by atoms with Crippen LogP contribution in [0.15, 0.2) is 29.3 Å². The number of methoxy groups -OCH3 is 1. The van der Waals surface area contributed by atoms with Crippen molar-refractivity contribution in [1.82, 2.24) is 20.0 Å². The lowest BCUT2D eigenvalue weighted by molar-refractivity contribution is 0.119. The third-order valence-electron chi connectivity index (χ3n) is 4.68. The van der Waals surface area contributed by atoms with E-state index in [2.05, 4.69) is 60.2 Å². The Bertz CT molecular complexity index is 563. The Labute approximate surface area is 152 Å². The molecule has 1 N–H and O–H groups in total. The van der Waals surface area contributed by atoms with Crippen molar-refractivity contribution in [3.63, 3.8) is 0 Å². The molecule has 25 heavy (non-hydrogen) atoms. The zero-order chi connectivity index (χ0) is 18.2. The lowest BCUT2D eigenvalue weighted by Crippen LogP contribution is -2.51. The van der Waals surface area contributed by atoms with Crippen LogP contribution in [0.5, 0.6) is 5.75 Å². The lowest BCUT2D eigenvalue weighted by atomic mass is 10.2. The summed E-state index contributed by atoms with van der Waals surface area (Å²) in [6.07, 6.45) is 0. The fourth-order valence-electron chi connectivity index (χ4n) is 3.08. The van der Waals surface area contributed by atoms with Crippen LogP contribution in [-0.4, -0.2) is 87.7 Å². The monoisotopic (exact) mass is 347 g/mol. The maximum Gasteiger partial charge on any atom is 0.194 e. The molecule has 0 bridgehead atoms. The van der Waals surface area contributed by atoms with Gasteiger partial charge in [0.2, 0.25) is 0 Å². The van der Waals surface area contributed by atoms with E-state index in [1.165, 1.54) is 5.56 Å². The number of aliphatic imine (C=N–C) groups is 1. The highest BCUT2D eigenvalue weighted by Crippen LogP contribution is 2.14. The first kappa shape index (κ1) is 19.5. The molecule has 0 amide bonds. The van der Waals surface area contributed by atoms with Crippen molar-refractivity contribution in [2.24, 2.45) is 4.99 Å². The van der Waals surface area contributed by atoms with E-state index in [1.807, 2.05) is 12.1 Å². The number of piperazine rings is 1. The van der Waals surface area contributed by atoms with E-state index in [0.717, 1.165) is 51.0 Å². The van der Waals surface area contributed by atoms with Crippen molar-refractivity contribution in [1.29, 1.82) is 0 Å². The molecule has 1 aromatic rings. The van der Waals surface area contributed by atoms with Crippen LogP contribution in [0.1, 0.15) is 12.5 Å². The van der Waals surface area contributed by atoms with Crippen molar-refractivity contribution in [2.45, 2.75) is 19.5 Å². The smallest absolute Gasteiger partial charge is 0.194 e. The van der Waals surface area contributed by atoms with Gasteiger partial charge < -0.3 is 19.9 Å². The quantitative estimate of drug-likeness (QED) is 0.621. The van der Waals surface area contributed by atoms with Gasteiger partial charge in [0.1, 0.15) is 5.75 Å². The molecule has 140 valence electrons. The van der Waals surface area contributed by atoms with Gasteiger partial charge in [-0.1, -0.05) is 12.1 Å². The highest BCUT2D eigenvalue weighted by molar-refractivity contribution is 5.79. The van der Waals surface area contributed by atoms with Crippen molar-refractivity contribution in [3.05, 3.63) is 29.8 Å². The van der Waals surface area contributed by atoms with Crippen LogP contribution in [-0.2, 0) is 6.54 Å². The molecule has 0 spiro atoms. The third kappa shape index (κ3) is 5.90.